The highest BCUT2D eigenvalue weighted by Gasteiger charge is 2.21. The van der Waals surface area contributed by atoms with Crippen molar-refractivity contribution in [2.24, 2.45) is 5.73 Å². The third-order valence-electron chi connectivity index (χ3n) is 0.637. The molecule has 0 saturated carbocycles. The van der Waals surface area contributed by atoms with Crippen LogP contribution in [0.4, 0.5) is 0 Å². The standard InChI is InChI=1S/C2H7NO6P2/c3-2(11(7,8)9)1-10(4,5)6/h1H,3H2,(H2,4,5,6)(H2,7,8,9). The molecule has 0 aliphatic rings. The van der Waals surface area contributed by atoms with Gasteiger partial charge in [-0.15, -0.1) is 0 Å². The zero-order valence-corrected chi connectivity index (χ0v) is 6.94. The van der Waals surface area contributed by atoms with Gasteiger partial charge in [0.25, 0.3) is 0 Å². The molecule has 0 radical (unpaired) electrons. The Kier molecular flexibility index (Phi) is 3.02. The van der Waals surface area contributed by atoms with Crippen molar-refractivity contribution >= 4 is 15.2 Å². The van der Waals surface area contributed by atoms with Crippen LogP contribution in [0.25, 0.3) is 0 Å². The van der Waals surface area contributed by atoms with E-state index < -0.39 is 20.6 Å². The average Bonchev–Trinajstić information content (AvgIpc) is 1.56. The lowest BCUT2D eigenvalue weighted by molar-refractivity contribution is 0.376. The molecule has 0 spiro atoms. The monoisotopic (exact) mass is 203 g/mol. The first kappa shape index (κ1) is 10.8. The largest absolute Gasteiger partial charge is 0.392 e. The number of hydrogen-bond donors (Lipinski definition) is 5. The Morgan fingerprint density at radius 3 is 1.64 bits per heavy atom. The summed E-state index contributed by atoms with van der Waals surface area (Å²) in [5.41, 5.74) is 3.52. The SMILES string of the molecule is NC(=CP(=O)(O)O)P(=O)(O)O. The molecular weight excluding hydrogens is 196 g/mol. The molecule has 0 aromatic carbocycles. The molecule has 0 fully saturated rings. The van der Waals surface area contributed by atoms with Gasteiger partial charge in [0.1, 0.15) is 5.44 Å². The lowest BCUT2D eigenvalue weighted by Gasteiger charge is -2.03. The Bertz CT molecular complexity index is 258. The molecule has 0 heterocycles. The van der Waals surface area contributed by atoms with Crippen molar-refractivity contribution in [3.05, 3.63) is 11.3 Å². The molecule has 0 saturated heterocycles. The molecule has 0 rings (SSSR count). The molecule has 0 bridgehead atoms. The zero-order valence-electron chi connectivity index (χ0n) is 5.15. The van der Waals surface area contributed by atoms with Gasteiger partial charge in [-0.25, -0.2) is 0 Å². The van der Waals surface area contributed by atoms with Gasteiger partial charge in [-0.2, -0.15) is 0 Å². The van der Waals surface area contributed by atoms with Gasteiger partial charge in [0.05, 0.1) is 5.82 Å². The minimum atomic E-state index is -4.71. The number of rotatable bonds is 2. The van der Waals surface area contributed by atoms with Gasteiger partial charge in [0.15, 0.2) is 0 Å². The van der Waals surface area contributed by atoms with E-state index in [0.717, 1.165) is 0 Å². The normalized spacial score (nSPS) is 15.1. The Morgan fingerprint density at radius 1 is 1.18 bits per heavy atom. The minimum absolute atomic E-state index is 0.0355. The van der Waals surface area contributed by atoms with Crippen LogP contribution >= 0.6 is 15.2 Å². The second-order valence-electron chi connectivity index (χ2n) is 1.69. The van der Waals surface area contributed by atoms with Crippen molar-refractivity contribution in [3.8, 4) is 0 Å². The van der Waals surface area contributed by atoms with Crippen LogP contribution in [0.15, 0.2) is 11.3 Å². The van der Waals surface area contributed by atoms with E-state index in [-0.39, 0.29) is 5.82 Å². The van der Waals surface area contributed by atoms with Crippen LogP contribution in [0.2, 0.25) is 0 Å². The third kappa shape index (κ3) is 5.15. The molecule has 0 aliphatic heterocycles. The van der Waals surface area contributed by atoms with E-state index in [4.69, 9.17) is 19.6 Å². The summed E-state index contributed by atoms with van der Waals surface area (Å²) < 4.78 is 20.2. The van der Waals surface area contributed by atoms with Crippen molar-refractivity contribution in [2.75, 3.05) is 0 Å². The molecule has 0 aromatic rings. The molecular formula is C2H7NO6P2. The van der Waals surface area contributed by atoms with Crippen LogP contribution in [-0.4, -0.2) is 19.6 Å². The molecule has 0 amide bonds. The van der Waals surface area contributed by atoms with E-state index in [1.807, 2.05) is 0 Å². The van der Waals surface area contributed by atoms with Crippen LogP contribution in [0.1, 0.15) is 0 Å². The fourth-order valence-electron chi connectivity index (χ4n) is 0.248. The second kappa shape index (κ2) is 3.06. The van der Waals surface area contributed by atoms with Gasteiger partial charge >= 0.3 is 15.2 Å². The summed E-state index contributed by atoms with van der Waals surface area (Å²) in [5, 5.41) is 0. The van der Waals surface area contributed by atoms with E-state index in [0.29, 0.717) is 0 Å². The average molecular weight is 203 g/mol. The summed E-state index contributed by atoms with van der Waals surface area (Å²) in [4.78, 5) is 32.8. The summed E-state index contributed by atoms with van der Waals surface area (Å²) >= 11 is 0. The van der Waals surface area contributed by atoms with E-state index in [9.17, 15) is 9.13 Å². The van der Waals surface area contributed by atoms with Gasteiger partial charge < -0.3 is 25.3 Å². The second-order valence-corrected chi connectivity index (χ2v) is 4.73. The fraction of sp³-hybridized carbons (Fsp3) is 0. The van der Waals surface area contributed by atoms with Crippen molar-refractivity contribution in [2.45, 2.75) is 0 Å². The van der Waals surface area contributed by atoms with Crippen molar-refractivity contribution in [1.82, 2.24) is 0 Å². The maximum absolute atomic E-state index is 10.2. The maximum atomic E-state index is 10.2. The Morgan fingerprint density at radius 2 is 1.55 bits per heavy atom. The first-order valence-electron chi connectivity index (χ1n) is 2.22. The van der Waals surface area contributed by atoms with E-state index in [2.05, 4.69) is 5.73 Å². The quantitative estimate of drug-likeness (QED) is 0.366. The fourth-order valence-corrected chi connectivity index (χ4v) is 1.65. The molecule has 66 valence electrons. The first-order chi connectivity index (χ1) is 4.63. The predicted octanol–water partition coefficient (Wildman–Crippen LogP) is -0.901. The summed E-state index contributed by atoms with van der Waals surface area (Å²) in [7, 11) is -9.30. The minimum Gasteiger partial charge on any atom is -0.392 e. The zero-order chi connectivity index (χ0) is 9.28. The highest BCUT2D eigenvalue weighted by atomic mass is 31.2. The summed E-state index contributed by atoms with van der Waals surface area (Å²) in [6.45, 7) is 0. The van der Waals surface area contributed by atoms with E-state index in [1.54, 1.807) is 0 Å². The molecule has 0 aromatic heterocycles. The highest BCUT2D eigenvalue weighted by Crippen LogP contribution is 2.47. The maximum Gasteiger partial charge on any atom is 0.372 e. The molecule has 9 heteroatoms. The molecule has 0 atom stereocenters. The van der Waals surface area contributed by atoms with Gasteiger partial charge in [0, 0.05) is 0 Å². The highest BCUT2D eigenvalue weighted by molar-refractivity contribution is 7.60. The van der Waals surface area contributed by atoms with E-state index in [1.165, 1.54) is 0 Å². The first-order valence-corrected chi connectivity index (χ1v) is 5.52. The Labute approximate surface area is 61.9 Å². The molecule has 0 unspecified atom stereocenters. The third-order valence-corrected chi connectivity index (χ3v) is 2.26. The molecule has 0 aliphatic carbocycles. The van der Waals surface area contributed by atoms with Crippen LogP contribution < -0.4 is 5.73 Å². The van der Waals surface area contributed by atoms with E-state index >= 15 is 0 Å². The lowest BCUT2D eigenvalue weighted by atomic mass is 11.1. The Balaban J connectivity index is 4.78. The lowest BCUT2D eigenvalue weighted by Crippen LogP contribution is -1.97. The van der Waals surface area contributed by atoms with Crippen LogP contribution in [-0.2, 0) is 9.13 Å². The summed E-state index contributed by atoms with van der Waals surface area (Å²) in [5.74, 6) is 0.0355. The van der Waals surface area contributed by atoms with Crippen LogP contribution in [0, 0.1) is 0 Å². The van der Waals surface area contributed by atoms with Crippen LogP contribution in [0.5, 0.6) is 0 Å². The number of nitrogens with two attached hydrogens (primary N) is 1. The summed E-state index contributed by atoms with van der Waals surface area (Å²) in [6.07, 6.45) is 0. The smallest absolute Gasteiger partial charge is 0.372 e. The predicted molar refractivity (Wildman–Crippen MR) is 36.4 cm³/mol. The molecule has 6 N–H and O–H groups in total. The summed E-state index contributed by atoms with van der Waals surface area (Å²) in [6, 6.07) is 0. The van der Waals surface area contributed by atoms with Crippen molar-refractivity contribution in [1.29, 1.82) is 0 Å². The Hall–Kier alpha value is -0.160. The van der Waals surface area contributed by atoms with Gasteiger partial charge in [-0.3, -0.25) is 9.13 Å². The molecule has 11 heavy (non-hydrogen) atoms. The topological polar surface area (TPSA) is 141 Å². The van der Waals surface area contributed by atoms with Gasteiger partial charge in [-0.05, 0) is 0 Å². The molecule has 7 nitrogen and oxygen atoms in total. The van der Waals surface area contributed by atoms with Gasteiger partial charge in [0.2, 0.25) is 0 Å². The van der Waals surface area contributed by atoms with Gasteiger partial charge in [-0.1, -0.05) is 0 Å². The van der Waals surface area contributed by atoms with Crippen molar-refractivity contribution in [3.63, 3.8) is 0 Å². The van der Waals surface area contributed by atoms with Crippen molar-refractivity contribution < 1.29 is 28.7 Å². The van der Waals surface area contributed by atoms with Crippen LogP contribution in [0.3, 0.4) is 0 Å². The number of hydrogen-bond acceptors (Lipinski definition) is 3.